The highest BCUT2D eigenvalue weighted by Crippen LogP contribution is 2.11. The van der Waals surface area contributed by atoms with Gasteiger partial charge in [0, 0.05) is 23.1 Å². The predicted molar refractivity (Wildman–Crippen MR) is 72.0 cm³/mol. The fourth-order valence-corrected chi connectivity index (χ4v) is 2.19. The third kappa shape index (κ3) is 2.81. The van der Waals surface area contributed by atoms with Gasteiger partial charge in [-0.15, -0.1) is 0 Å². The maximum Gasteiger partial charge on any atom is 0.268 e. The highest BCUT2D eigenvalue weighted by atomic mass is 79.9. The molecule has 0 saturated heterocycles. The van der Waals surface area contributed by atoms with Crippen molar-refractivity contribution in [2.24, 2.45) is 0 Å². The molecule has 0 N–H and O–H groups in total. The van der Waals surface area contributed by atoms with E-state index in [1.165, 1.54) is 6.20 Å². The standard InChI is InChI=1S/C11H9Br2N3O/c1-7-15-5-10(13)11(17)16(7)6-8-2-9(12)4-14-3-8/h2-5H,6H2,1H3. The lowest BCUT2D eigenvalue weighted by Gasteiger charge is -2.09. The summed E-state index contributed by atoms with van der Waals surface area (Å²) in [5.74, 6) is 0.679. The highest BCUT2D eigenvalue weighted by Gasteiger charge is 2.06. The van der Waals surface area contributed by atoms with Gasteiger partial charge < -0.3 is 0 Å². The zero-order chi connectivity index (χ0) is 12.4. The first-order valence-electron chi connectivity index (χ1n) is 4.89. The molecule has 0 saturated carbocycles. The molecule has 0 atom stereocenters. The van der Waals surface area contributed by atoms with Gasteiger partial charge in [-0.1, -0.05) is 0 Å². The van der Waals surface area contributed by atoms with Crippen molar-refractivity contribution >= 4 is 31.9 Å². The Morgan fingerprint density at radius 3 is 2.76 bits per heavy atom. The molecule has 0 radical (unpaired) electrons. The summed E-state index contributed by atoms with van der Waals surface area (Å²) >= 11 is 6.54. The monoisotopic (exact) mass is 357 g/mol. The normalized spacial score (nSPS) is 10.5. The van der Waals surface area contributed by atoms with Crippen LogP contribution in [0.5, 0.6) is 0 Å². The van der Waals surface area contributed by atoms with Crippen molar-refractivity contribution in [3.8, 4) is 0 Å². The van der Waals surface area contributed by atoms with E-state index in [2.05, 4.69) is 41.8 Å². The van der Waals surface area contributed by atoms with Crippen LogP contribution in [0.15, 0.2) is 38.4 Å². The molecule has 0 amide bonds. The molecule has 0 aliphatic heterocycles. The van der Waals surface area contributed by atoms with Crippen LogP contribution < -0.4 is 5.56 Å². The van der Waals surface area contributed by atoms with Gasteiger partial charge in [0.2, 0.25) is 0 Å². The minimum absolute atomic E-state index is 0.0857. The first-order chi connectivity index (χ1) is 8.08. The maximum atomic E-state index is 11.9. The van der Waals surface area contributed by atoms with Gasteiger partial charge in [0.1, 0.15) is 10.3 Å². The lowest BCUT2D eigenvalue weighted by molar-refractivity contribution is 0.693. The van der Waals surface area contributed by atoms with Gasteiger partial charge in [0.25, 0.3) is 5.56 Å². The summed E-state index contributed by atoms with van der Waals surface area (Å²) in [6.45, 7) is 2.27. The molecule has 17 heavy (non-hydrogen) atoms. The van der Waals surface area contributed by atoms with Crippen LogP contribution in [-0.2, 0) is 6.54 Å². The molecule has 2 aromatic heterocycles. The van der Waals surface area contributed by atoms with E-state index in [1.54, 1.807) is 23.9 Å². The van der Waals surface area contributed by atoms with Gasteiger partial charge >= 0.3 is 0 Å². The van der Waals surface area contributed by atoms with Gasteiger partial charge in [-0.3, -0.25) is 14.3 Å². The fourth-order valence-electron chi connectivity index (χ4n) is 1.46. The van der Waals surface area contributed by atoms with E-state index < -0.39 is 0 Å². The fraction of sp³-hybridized carbons (Fsp3) is 0.182. The van der Waals surface area contributed by atoms with Crippen LogP contribution in [0.2, 0.25) is 0 Å². The van der Waals surface area contributed by atoms with Gasteiger partial charge in [0.05, 0.1) is 6.54 Å². The average molecular weight is 359 g/mol. The number of aromatic nitrogens is 3. The van der Waals surface area contributed by atoms with Crippen molar-refractivity contribution in [2.75, 3.05) is 0 Å². The minimum Gasteiger partial charge on any atom is -0.291 e. The third-order valence-corrected chi connectivity index (χ3v) is 3.28. The Balaban J connectivity index is 2.43. The predicted octanol–water partition coefficient (Wildman–Crippen LogP) is 2.52. The van der Waals surface area contributed by atoms with Gasteiger partial charge in [-0.05, 0) is 50.4 Å². The second-order valence-electron chi connectivity index (χ2n) is 3.56. The summed E-state index contributed by atoms with van der Waals surface area (Å²) in [6, 6.07) is 1.93. The van der Waals surface area contributed by atoms with Crippen molar-refractivity contribution in [3.05, 3.63) is 55.3 Å². The molecule has 0 unspecified atom stereocenters. The molecule has 0 aliphatic carbocycles. The minimum atomic E-state index is -0.0857. The van der Waals surface area contributed by atoms with Crippen LogP contribution in [0.1, 0.15) is 11.4 Å². The molecule has 88 valence electrons. The van der Waals surface area contributed by atoms with E-state index in [1.807, 2.05) is 6.07 Å². The molecule has 0 aliphatic rings. The summed E-state index contributed by atoms with van der Waals surface area (Å²) in [5, 5.41) is 0. The van der Waals surface area contributed by atoms with Crippen molar-refractivity contribution < 1.29 is 0 Å². The number of hydrogen-bond acceptors (Lipinski definition) is 3. The zero-order valence-electron chi connectivity index (χ0n) is 9.02. The smallest absolute Gasteiger partial charge is 0.268 e. The maximum absolute atomic E-state index is 11.9. The van der Waals surface area contributed by atoms with Gasteiger partial charge in [-0.2, -0.15) is 0 Å². The molecule has 2 heterocycles. The number of rotatable bonds is 2. The number of pyridine rings is 1. The molecule has 2 rings (SSSR count). The van der Waals surface area contributed by atoms with Crippen molar-refractivity contribution in [1.82, 2.24) is 14.5 Å². The molecule has 2 aromatic rings. The van der Waals surface area contributed by atoms with Crippen LogP contribution in [0.4, 0.5) is 0 Å². The molecular weight excluding hydrogens is 350 g/mol. The lowest BCUT2D eigenvalue weighted by Crippen LogP contribution is -2.24. The Hall–Kier alpha value is -1.01. The van der Waals surface area contributed by atoms with Crippen LogP contribution in [-0.4, -0.2) is 14.5 Å². The molecular formula is C11H9Br2N3O. The molecule has 4 nitrogen and oxygen atoms in total. The number of nitrogens with zero attached hydrogens (tertiary/aromatic N) is 3. The average Bonchev–Trinajstić information content (AvgIpc) is 2.30. The highest BCUT2D eigenvalue weighted by molar-refractivity contribution is 9.10. The van der Waals surface area contributed by atoms with Gasteiger partial charge in [-0.25, -0.2) is 4.98 Å². The summed E-state index contributed by atoms with van der Waals surface area (Å²) in [4.78, 5) is 20.1. The number of aryl methyl sites for hydroxylation is 1. The van der Waals surface area contributed by atoms with E-state index >= 15 is 0 Å². The lowest BCUT2D eigenvalue weighted by atomic mass is 10.3. The van der Waals surface area contributed by atoms with Crippen molar-refractivity contribution in [1.29, 1.82) is 0 Å². The molecule has 0 spiro atoms. The SMILES string of the molecule is Cc1ncc(Br)c(=O)n1Cc1cncc(Br)c1. The number of halogens is 2. The Morgan fingerprint density at radius 1 is 1.29 bits per heavy atom. The van der Waals surface area contributed by atoms with E-state index in [4.69, 9.17) is 0 Å². The summed E-state index contributed by atoms with van der Waals surface area (Å²) in [5.41, 5.74) is 0.863. The largest absolute Gasteiger partial charge is 0.291 e. The van der Waals surface area contributed by atoms with Crippen molar-refractivity contribution in [2.45, 2.75) is 13.5 Å². The third-order valence-electron chi connectivity index (χ3n) is 2.31. The Labute approximate surface area is 115 Å². The zero-order valence-corrected chi connectivity index (χ0v) is 12.2. The van der Waals surface area contributed by atoms with E-state index in [0.29, 0.717) is 16.8 Å². The quantitative estimate of drug-likeness (QED) is 0.828. The van der Waals surface area contributed by atoms with Crippen LogP contribution >= 0.6 is 31.9 Å². The summed E-state index contributed by atoms with van der Waals surface area (Å²) in [7, 11) is 0. The second-order valence-corrected chi connectivity index (χ2v) is 5.33. The molecule has 6 heteroatoms. The van der Waals surface area contributed by atoms with E-state index in [9.17, 15) is 4.79 Å². The molecule has 0 aromatic carbocycles. The van der Waals surface area contributed by atoms with E-state index in [0.717, 1.165) is 10.0 Å². The Bertz CT molecular complexity index is 610. The van der Waals surface area contributed by atoms with Crippen LogP contribution in [0.3, 0.4) is 0 Å². The Morgan fingerprint density at radius 2 is 2.06 bits per heavy atom. The van der Waals surface area contributed by atoms with Crippen LogP contribution in [0, 0.1) is 6.92 Å². The Kier molecular flexibility index (Phi) is 3.73. The summed E-state index contributed by atoms with van der Waals surface area (Å²) < 4.78 is 2.96. The van der Waals surface area contributed by atoms with Gasteiger partial charge in [0.15, 0.2) is 0 Å². The molecule has 0 bridgehead atoms. The first-order valence-corrected chi connectivity index (χ1v) is 6.48. The number of hydrogen-bond donors (Lipinski definition) is 0. The van der Waals surface area contributed by atoms with Crippen LogP contribution in [0.25, 0.3) is 0 Å². The molecule has 0 fully saturated rings. The summed E-state index contributed by atoms with van der Waals surface area (Å²) in [6.07, 6.45) is 4.96. The van der Waals surface area contributed by atoms with Crippen molar-refractivity contribution in [3.63, 3.8) is 0 Å². The van der Waals surface area contributed by atoms with E-state index in [-0.39, 0.29) is 5.56 Å². The second kappa shape index (κ2) is 5.10. The first kappa shape index (κ1) is 12.4. The topological polar surface area (TPSA) is 47.8 Å².